The summed E-state index contributed by atoms with van der Waals surface area (Å²) >= 11 is 6.46. The van der Waals surface area contributed by atoms with Crippen molar-refractivity contribution in [3.8, 4) is 11.5 Å². The molecule has 1 N–H and O–H groups in total. The van der Waals surface area contributed by atoms with Crippen molar-refractivity contribution in [1.29, 1.82) is 0 Å². The number of rotatable bonds is 7. The van der Waals surface area contributed by atoms with Crippen LogP contribution in [-0.4, -0.2) is 35.4 Å². The lowest BCUT2D eigenvalue weighted by Crippen LogP contribution is -2.37. The fourth-order valence-corrected chi connectivity index (χ4v) is 4.22. The van der Waals surface area contributed by atoms with Crippen molar-refractivity contribution >= 4 is 17.5 Å². The van der Waals surface area contributed by atoms with Crippen molar-refractivity contribution in [2.24, 2.45) is 0 Å². The molecule has 1 saturated heterocycles. The summed E-state index contributed by atoms with van der Waals surface area (Å²) in [6, 6.07) is 17.7. The highest BCUT2D eigenvalue weighted by Crippen LogP contribution is 2.29. The number of amides is 1. The van der Waals surface area contributed by atoms with Gasteiger partial charge in [-0.15, -0.1) is 0 Å². The van der Waals surface area contributed by atoms with Crippen molar-refractivity contribution in [2.75, 3.05) is 19.6 Å². The number of aryl methyl sites for hydroxylation is 1. The summed E-state index contributed by atoms with van der Waals surface area (Å²) in [4.78, 5) is 19.6. The third kappa shape index (κ3) is 4.74. The number of hydrogen-bond acceptors (Lipinski definition) is 4. The third-order valence-electron chi connectivity index (χ3n) is 5.58. The van der Waals surface area contributed by atoms with E-state index in [-0.39, 0.29) is 18.4 Å². The average molecular weight is 424 g/mol. The predicted molar refractivity (Wildman–Crippen MR) is 118 cm³/mol. The monoisotopic (exact) mass is 423 g/mol. The molecule has 6 heteroatoms. The normalized spacial score (nSPS) is 15.3. The van der Waals surface area contributed by atoms with Gasteiger partial charge in [0.1, 0.15) is 5.76 Å². The molecule has 0 bridgehead atoms. The molecule has 1 amide bonds. The number of carbonyl (C=O) groups excluding carboxylic acids is 1. The highest BCUT2D eigenvalue weighted by Gasteiger charge is 2.25. The van der Waals surface area contributed by atoms with Crippen LogP contribution in [0.4, 0.5) is 0 Å². The molecule has 5 nitrogen and oxygen atoms in total. The molecule has 1 aliphatic heterocycles. The van der Waals surface area contributed by atoms with Crippen LogP contribution >= 0.6 is 11.6 Å². The Morgan fingerprint density at radius 1 is 1.13 bits per heavy atom. The molecule has 30 heavy (non-hydrogen) atoms. The maximum atomic E-state index is 12.7. The first-order chi connectivity index (χ1) is 14.6. The van der Waals surface area contributed by atoms with E-state index in [4.69, 9.17) is 16.0 Å². The van der Waals surface area contributed by atoms with Crippen LogP contribution in [0.25, 0.3) is 11.5 Å². The molecule has 0 saturated carbocycles. The highest BCUT2D eigenvalue weighted by atomic mass is 35.5. The molecular weight excluding hydrogens is 398 g/mol. The Balaban J connectivity index is 1.43. The zero-order valence-corrected chi connectivity index (χ0v) is 17.9. The van der Waals surface area contributed by atoms with Crippen LogP contribution in [0.5, 0.6) is 0 Å². The van der Waals surface area contributed by atoms with E-state index in [1.54, 1.807) is 0 Å². The summed E-state index contributed by atoms with van der Waals surface area (Å²) in [6.45, 7) is 4.41. The summed E-state index contributed by atoms with van der Waals surface area (Å²) in [5, 5.41) is 3.83. The molecule has 2 aromatic carbocycles. The number of nitrogens with one attached hydrogen (secondary N) is 1. The van der Waals surface area contributed by atoms with Crippen molar-refractivity contribution in [3.05, 3.63) is 76.6 Å². The first kappa shape index (κ1) is 20.6. The Morgan fingerprint density at radius 2 is 1.83 bits per heavy atom. The summed E-state index contributed by atoms with van der Waals surface area (Å²) in [5.74, 6) is 1.15. The first-order valence-electron chi connectivity index (χ1n) is 10.4. The molecular formula is C24H26ClN3O2. The topological polar surface area (TPSA) is 58.4 Å². The van der Waals surface area contributed by atoms with Crippen LogP contribution in [0.15, 0.2) is 59.0 Å². The maximum Gasteiger partial charge on any atom is 0.226 e. The number of aromatic nitrogens is 1. The Bertz CT molecular complexity index is 997. The second-order valence-corrected chi connectivity index (χ2v) is 8.06. The van der Waals surface area contributed by atoms with E-state index in [1.165, 1.54) is 12.8 Å². The van der Waals surface area contributed by atoms with Gasteiger partial charge in [0.15, 0.2) is 0 Å². The number of nitrogens with zero attached hydrogens (tertiary/aromatic N) is 2. The number of hydrogen-bond donors (Lipinski definition) is 1. The van der Waals surface area contributed by atoms with Gasteiger partial charge in [-0.3, -0.25) is 9.69 Å². The number of oxazole rings is 1. The summed E-state index contributed by atoms with van der Waals surface area (Å²) < 4.78 is 5.78. The number of carbonyl (C=O) groups is 1. The van der Waals surface area contributed by atoms with Crippen molar-refractivity contribution < 1.29 is 9.21 Å². The van der Waals surface area contributed by atoms with Crippen LogP contribution in [0.3, 0.4) is 0 Å². The molecule has 1 aliphatic rings. The molecule has 0 radical (unpaired) electrons. The van der Waals surface area contributed by atoms with E-state index in [1.807, 2.05) is 61.5 Å². The molecule has 4 rings (SSSR count). The number of likely N-dealkylation sites (tertiary alicyclic amines) is 1. The average Bonchev–Trinajstić information content (AvgIpc) is 3.41. The van der Waals surface area contributed by atoms with Gasteiger partial charge in [-0.05, 0) is 56.6 Å². The fourth-order valence-electron chi connectivity index (χ4n) is 3.96. The first-order valence-corrected chi connectivity index (χ1v) is 10.8. The van der Waals surface area contributed by atoms with E-state index < -0.39 is 0 Å². The molecule has 1 aromatic heterocycles. The van der Waals surface area contributed by atoms with Crippen molar-refractivity contribution in [2.45, 2.75) is 32.2 Å². The Labute approximate surface area is 182 Å². The van der Waals surface area contributed by atoms with Crippen LogP contribution in [0.2, 0.25) is 5.02 Å². The van der Waals surface area contributed by atoms with Gasteiger partial charge in [0, 0.05) is 17.1 Å². The Morgan fingerprint density at radius 3 is 2.57 bits per heavy atom. The van der Waals surface area contributed by atoms with Gasteiger partial charge in [-0.1, -0.05) is 48.0 Å². The number of benzene rings is 2. The van der Waals surface area contributed by atoms with Crippen molar-refractivity contribution in [3.63, 3.8) is 0 Å². The lowest BCUT2D eigenvalue weighted by atomic mass is 10.1. The van der Waals surface area contributed by atoms with Gasteiger partial charge in [0.05, 0.1) is 18.2 Å². The summed E-state index contributed by atoms with van der Waals surface area (Å²) in [6.07, 6.45) is 2.54. The zero-order chi connectivity index (χ0) is 20.9. The molecule has 3 aromatic rings. The quantitative estimate of drug-likeness (QED) is 0.593. The van der Waals surface area contributed by atoms with E-state index in [9.17, 15) is 4.79 Å². The maximum absolute atomic E-state index is 12.7. The predicted octanol–water partition coefficient (Wildman–Crippen LogP) is 4.80. The minimum atomic E-state index is -0.0673. The van der Waals surface area contributed by atoms with Gasteiger partial charge in [-0.25, -0.2) is 4.98 Å². The SMILES string of the molecule is Cc1oc(-c2ccccc2)nc1CC(=O)NCC(c1ccccc1Cl)N1CCCC1. The smallest absolute Gasteiger partial charge is 0.226 e. The van der Waals surface area contributed by atoms with Crippen LogP contribution in [0.1, 0.15) is 35.9 Å². The minimum absolute atomic E-state index is 0.0673. The molecule has 1 unspecified atom stereocenters. The molecule has 0 aliphatic carbocycles. The summed E-state index contributed by atoms with van der Waals surface area (Å²) in [5.41, 5.74) is 2.63. The van der Waals surface area contributed by atoms with Crippen molar-refractivity contribution in [1.82, 2.24) is 15.2 Å². The second kappa shape index (κ2) is 9.45. The minimum Gasteiger partial charge on any atom is -0.441 e. The summed E-state index contributed by atoms with van der Waals surface area (Å²) in [7, 11) is 0. The highest BCUT2D eigenvalue weighted by molar-refractivity contribution is 6.31. The lowest BCUT2D eigenvalue weighted by molar-refractivity contribution is -0.120. The van der Waals surface area contributed by atoms with Crippen LogP contribution < -0.4 is 5.32 Å². The van der Waals surface area contributed by atoms with Gasteiger partial charge in [-0.2, -0.15) is 0 Å². The standard InChI is InChI=1S/C24H26ClN3O2/c1-17-21(27-24(30-17)18-9-3-2-4-10-18)15-23(29)26-16-22(28-13-7-8-14-28)19-11-5-6-12-20(19)25/h2-6,9-12,22H,7-8,13-16H2,1H3,(H,26,29). The van der Waals surface area contributed by atoms with Crippen LogP contribution in [0, 0.1) is 6.92 Å². The molecule has 0 spiro atoms. The molecule has 156 valence electrons. The molecule has 1 fully saturated rings. The van der Waals surface area contributed by atoms with Crippen LogP contribution in [-0.2, 0) is 11.2 Å². The zero-order valence-electron chi connectivity index (χ0n) is 17.1. The Hall–Kier alpha value is -2.63. The van der Waals surface area contributed by atoms with E-state index in [2.05, 4.69) is 15.2 Å². The van der Waals surface area contributed by atoms with Gasteiger partial charge in [0.2, 0.25) is 11.8 Å². The lowest BCUT2D eigenvalue weighted by Gasteiger charge is -2.29. The van der Waals surface area contributed by atoms with Gasteiger partial charge >= 0.3 is 0 Å². The fraction of sp³-hybridized carbons (Fsp3) is 0.333. The second-order valence-electron chi connectivity index (χ2n) is 7.65. The van der Waals surface area contributed by atoms with E-state index >= 15 is 0 Å². The number of halogens is 1. The largest absolute Gasteiger partial charge is 0.441 e. The Kier molecular flexibility index (Phi) is 6.50. The van der Waals surface area contributed by atoms with E-state index in [0.29, 0.717) is 23.9 Å². The molecule has 2 heterocycles. The van der Waals surface area contributed by atoms with Gasteiger partial charge in [0.25, 0.3) is 0 Å². The van der Waals surface area contributed by atoms with Gasteiger partial charge < -0.3 is 9.73 Å². The third-order valence-corrected chi connectivity index (χ3v) is 5.92. The van der Waals surface area contributed by atoms with E-state index in [0.717, 1.165) is 29.2 Å². The molecule has 1 atom stereocenters.